The highest BCUT2D eigenvalue weighted by molar-refractivity contribution is 7.80. The number of hydrogen-bond donors (Lipinski definition) is 3. The van der Waals surface area contributed by atoms with Gasteiger partial charge in [0.05, 0.1) is 61.4 Å². The van der Waals surface area contributed by atoms with Gasteiger partial charge in [0.1, 0.15) is 23.5 Å². The molecule has 0 saturated heterocycles. The summed E-state index contributed by atoms with van der Waals surface area (Å²) in [6.07, 6.45) is 3.32. The molecule has 0 spiro atoms. The average molecular weight is 717 g/mol. The maximum atomic E-state index is 6.68. The normalized spacial score (nSPS) is 18.4. The minimum atomic E-state index is -1.09. The van der Waals surface area contributed by atoms with Crippen LogP contribution in [-0.2, 0) is 33.2 Å². The van der Waals surface area contributed by atoms with Crippen molar-refractivity contribution in [3.63, 3.8) is 0 Å². The maximum Gasteiger partial charge on any atom is 0.116 e. The summed E-state index contributed by atoms with van der Waals surface area (Å²) < 4.78 is 43.9. The van der Waals surface area contributed by atoms with Gasteiger partial charge in [-0.05, 0) is 126 Å². The molecule has 0 N–H and O–H groups in total. The fourth-order valence-corrected chi connectivity index (χ4v) is 5.66. The lowest BCUT2D eigenvalue weighted by Gasteiger charge is -2.42. The first-order chi connectivity index (χ1) is 21.3. The Balaban J connectivity index is 6.00. The van der Waals surface area contributed by atoms with Crippen molar-refractivity contribution in [3.05, 3.63) is 0 Å². The monoisotopic (exact) mass is 716 g/mol. The Kier molecular flexibility index (Phi) is 21.9. The van der Waals surface area contributed by atoms with Crippen molar-refractivity contribution >= 4 is 61.4 Å². The van der Waals surface area contributed by atoms with Crippen molar-refractivity contribution in [1.82, 2.24) is 0 Å². The molecule has 0 rings (SSSR count). The summed E-state index contributed by atoms with van der Waals surface area (Å²) in [6, 6.07) is 0. The van der Waals surface area contributed by atoms with Crippen LogP contribution in [0.1, 0.15) is 108 Å². The van der Waals surface area contributed by atoms with Crippen LogP contribution in [-0.4, -0.2) is 126 Å². The van der Waals surface area contributed by atoms with E-state index in [1.807, 2.05) is 62.3 Å². The van der Waals surface area contributed by atoms with Crippen LogP contribution in [0.3, 0.4) is 0 Å². The molecule has 272 valence electrons. The van der Waals surface area contributed by atoms with E-state index in [2.05, 4.69) is 51.7 Å². The first-order valence-electron chi connectivity index (χ1n) is 17.0. The quantitative estimate of drug-likeness (QED) is 0.0628. The molecule has 0 saturated carbocycles. The van der Waals surface area contributed by atoms with Gasteiger partial charge in [-0.25, -0.2) is 0 Å². The fraction of sp³-hybridized carbons (Fsp3) is 1.00. The zero-order valence-electron chi connectivity index (χ0n) is 31.6. The van der Waals surface area contributed by atoms with Crippen LogP contribution < -0.4 is 0 Å². The zero-order valence-corrected chi connectivity index (χ0v) is 34.3. The number of ether oxygens (including phenoxy) is 7. The van der Waals surface area contributed by atoms with E-state index in [1.165, 1.54) is 0 Å². The highest BCUT2D eigenvalue weighted by Gasteiger charge is 2.39. The molecule has 0 aromatic heterocycles. The molecule has 6 radical (unpaired) electrons. The topological polar surface area (TPSA) is 64.6 Å². The molecule has 4 atom stereocenters. The first-order valence-corrected chi connectivity index (χ1v) is 18.9. The van der Waals surface area contributed by atoms with E-state index in [0.717, 1.165) is 18.6 Å². The number of thiol groups is 3. The van der Waals surface area contributed by atoms with Gasteiger partial charge in [-0.1, -0.05) is 0 Å². The van der Waals surface area contributed by atoms with E-state index >= 15 is 0 Å². The summed E-state index contributed by atoms with van der Waals surface area (Å²) in [4.78, 5) is 0. The van der Waals surface area contributed by atoms with E-state index in [-0.39, 0.29) is 43.7 Å². The van der Waals surface area contributed by atoms with Gasteiger partial charge < -0.3 is 33.2 Å². The molecule has 13 heteroatoms. The Bertz CT molecular complexity index is 804. The molecule has 0 aromatic rings. The summed E-state index contributed by atoms with van der Waals surface area (Å²) in [5, 5.41) is 0. The number of hydrogen-bond acceptors (Lipinski definition) is 10. The molecule has 0 fully saturated rings. The smallest absolute Gasteiger partial charge is 0.116 e. The van der Waals surface area contributed by atoms with Gasteiger partial charge in [0.2, 0.25) is 0 Å². The van der Waals surface area contributed by atoms with E-state index in [1.54, 1.807) is 0 Å². The Hall–Kier alpha value is 0.965. The van der Waals surface area contributed by atoms with Crippen LogP contribution in [0, 0.1) is 5.41 Å². The highest BCUT2D eigenvalue weighted by atomic mass is 32.1. The van der Waals surface area contributed by atoms with E-state index in [4.69, 9.17) is 56.7 Å². The maximum absolute atomic E-state index is 6.68. The largest absolute Gasteiger partial charge is 0.385 e. The van der Waals surface area contributed by atoms with Gasteiger partial charge in [0.15, 0.2) is 0 Å². The van der Waals surface area contributed by atoms with Crippen molar-refractivity contribution in [3.8, 4) is 0 Å². The minimum Gasteiger partial charge on any atom is -0.385 e. The molecule has 0 aromatic carbocycles. The second kappa shape index (κ2) is 21.5. The summed E-state index contributed by atoms with van der Waals surface area (Å²) in [5.74, 6) is 2.08. The predicted octanol–water partition coefficient (Wildman–Crippen LogP) is 6.23. The van der Waals surface area contributed by atoms with Gasteiger partial charge >= 0.3 is 0 Å². The molecule has 0 aliphatic carbocycles. The first kappa shape index (κ1) is 48.0. The third kappa shape index (κ3) is 24.0. The molecule has 0 amide bonds. The van der Waals surface area contributed by atoms with E-state index in [0.29, 0.717) is 50.6 Å². The summed E-state index contributed by atoms with van der Waals surface area (Å²) in [7, 11) is 19.6. The van der Waals surface area contributed by atoms with E-state index < -0.39 is 27.5 Å². The fourth-order valence-electron chi connectivity index (χ4n) is 4.14. The molecule has 0 aliphatic rings. The van der Waals surface area contributed by atoms with Crippen LogP contribution in [0.25, 0.3) is 0 Å². The lowest BCUT2D eigenvalue weighted by atomic mass is 9.79. The summed E-state index contributed by atoms with van der Waals surface area (Å²) >= 11 is 13.0. The third-order valence-corrected chi connectivity index (χ3v) is 8.59. The number of rotatable bonds is 29. The zero-order chi connectivity index (χ0) is 36.6. The van der Waals surface area contributed by atoms with Crippen molar-refractivity contribution in [2.75, 3.05) is 63.5 Å². The molecule has 0 heterocycles. The van der Waals surface area contributed by atoms with Gasteiger partial charge in [-0.2, -0.15) is 37.9 Å². The predicted molar refractivity (Wildman–Crippen MR) is 209 cm³/mol. The van der Waals surface area contributed by atoms with Crippen molar-refractivity contribution in [2.24, 2.45) is 5.41 Å². The highest BCUT2D eigenvalue weighted by Crippen LogP contribution is 2.30. The molecule has 0 aliphatic heterocycles. The lowest BCUT2D eigenvalue weighted by molar-refractivity contribution is -0.179. The standard InChI is InChI=1S/C34H67B3O7S3/c1-27(2)38-23-34(26-44-33(11,37)22-41-30(7,8)15-20-46,24-42-28(3,4)12-17-40-32(10,36)16-21-47)25-43-31(9,35)13-18-39-29(5,6)14-19-45/h27,45-47H,12-26H2,1-11H3. The van der Waals surface area contributed by atoms with Crippen LogP contribution in [0.4, 0.5) is 0 Å². The van der Waals surface area contributed by atoms with Crippen molar-refractivity contribution in [2.45, 2.75) is 148 Å². The van der Waals surface area contributed by atoms with Crippen LogP contribution in [0.2, 0.25) is 0 Å². The van der Waals surface area contributed by atoms with E-state index in [9.17, 15) is 0 Å². The summed E-state index contributed by atoms with van der Waals surface area (Å²) in [6.45, 7) is 23.7. The Morgan fingerprint density at radius 3 is 1.36 bits per heavy atom. The SMILES string of the molecule is [B]C(C)(CCS)OCCC(C)(C)OCC(COC(C)C)(COC([B])(C)CCOC(C)(C)CCS)COC([B])(C)COC(C)(C)CCS. The van der Waals surface area contributed by atoms with Crippen molar-refractivity contribution in [1.29, 1.82) is 0 Å². The van der Waals surface area contributed by atoms with Crippen molar-refractivity contribution < 1.29 is 33.2 Å². The molecule has 0 bridgehead atoms. The summed E-state index contributed by atoms with van der Waals surface area (Å²) in [5.41, 5.74) is -4.81. The second-order valence-corrected chi connectivity index (χ2v) is 17.2. The Morgan fingerprint density at radius 1 is 0.447 bits per heavy atom. The molecular weight excluding hydrogens is 649 g/mol. The van der Waals surface area contributed by atoms with Gasteiger partial charge in [-0.15, -0.1) is 0 Å². The molecule has 47 heavy (non-hydrogen) atoms. The minimum absolute atomic E-state index is 0.0359. The second-order valence-electron chi connectivity index (χ2n) is 15.8. The van der Waals surface area contributed by atoms with Crippen LogP contribution in [0.15, 0.2) is 0 Å². The lowest BCUT2D eigenvalue weighted by Crippen LogP contribution is -2.50. The molecular formula is C34H67B3O7S3. The van der Waals surface area contributed by atoms with Gasteiger partial charge in [-0.3, -0.25) is 0 Å². The molecule has 7 nitrogen and oxygen atoms in total. The van der Waals surface area contributed by atoms with Crippen LogP contribution >= 0.6 is 37.9 Å². The van der Waals surface area contributed by atoms with Gasteiger partial charge in [0, 0.05) is 29.7 Å². The average Bonchev–Trinajstić information content (AvgIpc) is 2.91. The van der Waals surface area contributed by atoms with Gasteiger partial charge in [0.25, 0.3) is 0 Å². The third-order valence-electron chi connectivity index (χ3n) is 7.92. The van der Waals surface area contributed by atoms with Crippen LogP contribution in [0.5, 0.6) is 0 Å². The Morgan fingerprint density at radius 2 is 0.851 bits per heavy atom. The molecule has 4 unspecified atom stereocenters. The Labute approximate surface area is 309 Å².